The number of fused-ring (bicyclic) bond motifs is 1. The predicted molar refractivity (Wildman–Crippen MR) is 114 cm³/mol. The molecule has 7 nitrogen and oxygen atoms in total. The average molecular weight is 435 g/mol. The molecule has 0 saturated carbocycles. The number of anilines is 1. The number of rotatable bonds is 6. The van der Waals surface area contributed by atoms with Crippen LogP contribution in [0.1, 0.15) is 35.7 Å². The molecule has 3 heterocycles. The molecule has 0 saturated heterocycles. The first-order valence-electron chi connectivity index (χ1n) is 9.30. The molecule has 4 rings (SSSR count). The minimum atomic E-state index is -0.116. The topological polar surface area (TPSA) is 85.6 Å². The monoisotopic (exact) mass is 434 g/mol. The molecule has 1 atom stereocenters. The van der Waals surface area contributed by atoms with E-state index in [1.807, 2.05) is 18.3 Å². The normalized spacial score (nSPS) is 16.2. The quantitative estimate of drug-likeness (QED) is 0.589. The number of aromatic nitrogens is 5. The molecular formula is C18H22N6OS3. The molecule has 148 valence electrons. The van der Waals surface area contributed by atoms with Gasteiger partial charge in [0.2, 0.25) is 11.0 Å². The molecule has 0 aromatic carbocycles. The lowest BCUT2D eigenvalue weighted by atomic mass is 9.88. The van der Waals surface area contributed by atoms with Gasteiger partial charge in [-0.25, -0.2) is 0 Å². The maximum atomic E-state index is 12.2. The minimum absolute atomic E-state index is 0.116. The molecule has 0 aliphatic heterocycles. The van der Waals surface area contributed by atoms with E-state index in [4.69, 9.17) is 0 Å². The summed E-state index contributed by atoms with van der Waals surface area (Å²) in [7, 11) is 0. The van der Waals surface area contributed by atoms with E-state index in [9.17, 15) is 4.79 Å². The molecule has 28 heavy (non-hydrogen) atoms. The van der Waals surface area contributed by atoms with Crippen LogP contribution in [0, 0.1) is 12.8 Å². The van der Waals surface area contributed by atoms with Gasteiger partial charge in [0.15, 0.2) is 11.0 Å². The Labute approximate surface area is 176 Å². The van der Waals surface area contributed by atoms with Gasteiger partial charge >= 0.3 is 0 Å². The van der Waals surface area contributed by atoms with Crippen LogP contribution < -0.4 is 5.32 Å². The average Bonchev–Trinajstić information content (AvgIpc) is 3.37. The predicted octanol–water partition coefficient (Wildman–Crippen LogP) is 4.04. The highest BCUT2D eigenvalue weighted by Crippen LogP contribution is 2.38. The van der Waals surface area contributed by atoms with Crippen LogP contribution in [-0.4, -0.2) is 36.6 Å². The maximum Gasteiger partial charge on any atom is 0.236 e. The third-order valence-electron chi connectivity index (χ3n) is 4.78. The Morgan fingerprint density at radius 3 is 2.96 bits per heavy atom. The van der Waals surface area contributed by atoms with Crippen LogP contribution in [0.5, 0.6) is 0 Å². The van der Waals surface area contributed by atoms with E-state index in [0.29, 0.717) is 5.13 Å². The lowest BCUT2D eigenvalue weighted by molar-refractivity contribution is -0.113. The lowest BCUT2D eigenvalue weighted by Crippen LogP contribution is -2.14. The van der Waals surface area contributed by atoms with Gasteiger partial charge in [0, 0.05) is 22.4 Å². The SMILES string of the molecule is CCn1c(SCC(=O)Nc2nnc(C)s2)nnc1-c1csc2c1CCC(C)C2. The van der Waals surface area contributed by atoms with Gasteiger partial charge in [-0.1, -0.05) is 30.0 Å². The second kappa shape index (κ2) is 8.30. The van der Waals surface area contributed by atoms with Crippen molar-refractivity contribution in [2.24, 2.45) is 5.92 Å². The van der Waals surface area contributed by atoms with Crippen molar-refractivity contribution in [2.75, 3.05) is 11.1 Å². The van der Waals surface area contributed by atoms with Crippen molar-refractivity contribution >= 4 is 45.5 Å². The summed E-state index contributed by atoms with van der Waals surface area (Å²) in [5, 5.41) is 23.8. The van der Waals surface area contributed by atoms with Gasteiger partial charge in [-0.15, -0.1) is 31.7 Å². The summed E-state index contributed by atoms with van der Waals surface area (Å²) in [6.45, 7) is 7.03. The lowest BCUT2D eigenvalue weighted by Gasteiger charge is -2.19. The number of hydrogen-bond donors (Lipinski definition) is 1. The smallest absolute Gasteiger partial charge is 0.236 e. The number of carbonyl (C=O) groups excluding carboxylic acids is 1. The Hall–Kier alpha value is -1.78. The van der Waals surface area contributed by atoms with E-state index >= 15 is 0 Å². The van der Waals surface area contributed by atoms with E-state index in [1.54, 1.807) is 0 Å². The van der Waals surface area contributed by atoms with Crippen molar-refractivity contribution in [2.45, 2.75) is 51.7 Å². The Balaban J connectivity index is 1.48. The Bertz CT molecular complexity index is 992. The number of nitrogens with zero attached hydrogens (tertiary/aromatic N) is 5. The molecule has 0 radical (unpaired) electrons. The van der Waals surface area contributed by atoms with Gasteiger partial charge in [-0.2, -0.15) is 0 Å². The zero-order valence-electron chi connectivity index (χ0n) is 16.1. The van der Waals surface area contributed by atoms with Crippen LogP contribution in [0.25, 0.3) is 11.4 Å². The van der Waals surface area contributed by atoms with Crippen molar-refractivity contribution < 1.29 is 4.79 Å². The van der Waals surface area contributed by atoms with Gasteiger partial charge in [-0.05, 0) is 44.6 Å². The first kappa shape index (κ1) is 19.5. The largest absolute Gasteiger partial charge is 0.302 e. The Kier molecular flexibility index (Phi) is 5.79. The molecule has 0 spiro atoms. The number of hydrogen-bond acceptors (Lipinski definition) is 8. The van der Waals surface area contributed by atoms with E-state index in [1.165, 1.54) is 45.5 Å². The number of carbonyl (C=O) groups is 1. The molecule has 3 aromatic heterocycles. The summed E-state index contributed by atoms with van der Waals surface area (Å²) >= 11 is 4.60. The van der Waals surface area contributed by atoms with Crippen molar-refractivity contribution in [3.8, 4) is 11.4 Å². The molecule has 1 amide bonds. The summed E-state index contributed by atoms with van der Waals surface area (Å²) < 4.78 is 2.10. The van der Waals surface area contributed by atoms with Crippen molar-refractivity contribution in [3.63, 3.8) is 0 Å². The zero-order chi connectivity index (χ0) is 19.7. The Morgan fingerprint density at radius 1 is 1.36 bits per heavy atom. The molecule has 1 aliphatic carbocycles. The van der Waals surface area contributed by atoms with Gasteiger partial charge < -0.3 is 4.57 Å². The van der Waals surface area contributed by atoms with Crippen LogP contribution in [-0.2, 0) is 24.2 Å². The van der Waals surface area contributed by atoms with E-state index in [2.05, 4.69) is 49.5 Å². The summed E-state index contributed by atoms with van der Waals surface area (Å²) in [4.78, 5) is 13.7. The molecular weight excluding hydrogens is 412 g/mol. The van der Waals surface area contributed by atoms with Gasteiger partial charge in [-0.3, -0.25) is 10.1 Å². The van der Waals surface area contributed by atoms with Crippen molar-refractivity contribution in [1.82, 2.24) is 25.0 Å². The van der Waals surface area contributed by atoms with Gasteiger partial charge in [0.25, 0.3) is 0 Å². The van der Waals surface area contributed by atoms with Gasteiger partial charge in [0.1, 0.15) is 5.01 Å². The third-order valence-corrected chi connectivity index (χ3v) is 7.55. The van der Waals surface area contributed by atoms with Crippen LogP contribution in [0.4, 0.5) is 5.13 Å². The molecule has 1 unspecified atom stereocenters. The molecule has 1 aliphatic rings. The first-order valence-corrected chi connectivity index (χ1v) is 12.0. The standard InChI is InChI=1S/C18H22N6OS3/c1-4-24-16(13-8-26-14-7-10(2)5-6-12(13)14)21-23-18(24)27-9-15(25)19-17-22-20-11(3)28-17/h8,10H,4-7,9H2,1-3H3,(H,19,22,25). The van der Waals surface area contributed by atoms with Crippen LogP contribution in [0.15, 0.2) is 10.5 Å². The molecule has 0 fully saturated rings. The number of thioether (sulfide) groups is 1. The summed E-state index contributed by atoms with van der Waals surface area (Å²) in [5.74, 6) is 1.81. The molecule has 3 aromatic rings. The zero-order valence-corrected chi connectivity index (χ0v) is 18.5. The highest BCUT2D eigenvalue weighted by molar-refractivity contribution is 7.99. The number of thiophene rings is 1. The number of nitrogens with one attached hydrogen (secondary N) is 1. The fourth-order valence-electron chi connectivity index (χ4n) is 3.38. The summed E-state index contributed by atoms with van der Waals surface area (Å²) in [6, 6.07) is 0. The maximum absolute atomic E-state index is 12.2. The number of aryl methyl sites for hydroxylation is 1. The highest BCUT2D eigenvalue weighted by Gasteiger charge is 2.24. The fraction of sp³-hybridized carbons (Fsp3) is 0.500. The number of amides is 1. The minimum Gasteiger partial charge on any atom is -0.302 e. The van der Waals surface area contributed by atoms with Crippen molar-refractivity contribution in [1.29, 1.82) is 0 Å². The Morgan fingerprint density at radius 2 is 2.21 bits per heavy atom. The third kappa shape index (κ3) is 3.99. The van der Waals surface area contributed by atoms with E-state index in [0.717, 1.165) is 41.3 Å². The van der Waals surface area contributed by atoms with E-state index in [-0.39, 0.29) is 11.7 Å². The van der Waals surface area contributed by atoms with Crippen LogP contribution >= 0.6 is 34.4 Å². The summed E-state index contributed by atoms with van der Waals surface area (Å²) in [6.07, 6.45) is 3.50. The van der Waals surface area contributed by atoms with Crippen molar-refractivity contribution in [3.05, 3.63) is 20.8 Å². The second-order valence-electron chi connectivity index (χ2n) is 6.91. The molecule has 1 N–H and O–H groups in total. The van der Waals surface area contributed by atoms with E-state index < -0.39 is 0 Å². The molecule has 10 heteroatoms. The molecule has 0 bridgehead atoms. The van der Waals surface area contributed by atoms with Crippen LogP contribution in [0.2, 0.25) is 0 Å². The fourth-order valence-corrected chi connectivity index (χ4v) is 6.03. The second-order valence-corrected chi connectivity index (χ2v) is 10.0. The first-order chi connectivity index (χ1) is 13.5. The highest BCUT2D eigenvalue weighted by atomic mass is 32.2. The summed E-state index contributed by atoms with van der Waals surface area (Å²) in [5.41, 5.74) is 2.65. The van der Waals surface area contributed by atoms with Gasteiger partial charge in [0.05, 0.1) is 5.75 Å². The van der Waals surface area contributed by atoms with Crippen LogP contribution in [0.3, 0.4) is 0 Å².